The molecular formula is C25H20N6O. The molecule has 1 unspecified atom stereocenters. The number of nitrogens with zero attached hydrogens (tertiary/aromatic N) is 5. The van der Waals surface area contributed by atoms with Crippen LogP contribution in [0.25, 0.3) is 22.3 Å². The number of hydrogen-bond acceptors (Lipinski definition) is 4. The predicted molar refractivity (Wildman–Crippen MR) is 122 cm³/mol. The molecule has 1 amide bonds. The fourth-order valence-electron chi connectivity index (χ4n) is 4.49. The quantitative estimate of drug-likeness (QED) is 0.469. The fourth-order valence-corrected chi connectivity index (χ4v) is 4.49. The summed E-state index contributed by atoms with van der Waals surface area (Å²) in [6.45, 7) is 2.01. The van der Waals surface area contributed by atoms with Gasteiger partial charge in [0.1, 0.15) is 0 Å². The number of H-pyrrole nitrogens is 1. The number of amides is 1. The molecule has 0 fully saturated rings. The lowest BCUT2D eigenvalue weighted by Crippen LogP contribution is -2.29. The molecule has 0 saturated carbocycles. The lowest BCUT2D eigenvalue weighted by atomic mass is 9.97. The van der Waals surface area contributed by atoms with E-state index >= 15 is 0 Å². The summed E-state index contributed by atoms with van der Waals surface area (Å²) in [6.07, 6.45) is 3.45. The lowest BCUT2D eigenvalue weighted by molar-refractivity contribution is 0.0988. The molecule has 0 spiro atoms. The monoisotopic (exact) mass is 420 g/mol. The molecule has 1 N–H and O–H groups in total. The predicted octanol–water partition coefficient (Wildman–Crippen LogP) is 4.42. The van der Waals surface area contributed by atoms with Gasteiger partial charge in [0, 0.05) is 35.8 Å². The van der Waals surface area contributed by atoms with Gasteiger partial charge in [-0.2, -0.15) is 5.10 Å². The van der Waals surface area contributed by atoms with Crippen LogP contribution < -0.4 is 4.90 Å². The fraction of sp³-hybridized carbons (Fsp3) is 0.120. The van der Waals surface area contributed by atoms with Gasteiger partial charge in [0.25, 0.3) is 5.91 Å². The highest BCUT2D eigenvalue weighted by atomic mass is 16.2. The number of aromatic nitrogens is 5. The minimum atomic E-state index is -0.264. The number of fused-ring (bicyclic) bond motifs is 2. The zero-order chi connectivity index (χ0) is 21.8. The molecular weight excluding hydrogens is 400 g/mol. The number of pyridine rings is 1. The SMILES string of the molecule is Cc1c2c(nn1C)C(=O)N(c1ccc3[nH]cnc3c1)C2c1ccc(-c2ccccn2)cc1. The normalized spacial score (nSPS) is 15.5. The largest absolute Gasteiger partial charge is 0.345 e. The first-order valence-electron chi connectivity index (χ1n) is 10.4. The third kappa shape index (κ3) is 2.68. The van der Waals surface area contributed by atoms with E-state index in [4.69, 9.17) is 0 Å². The van der Waals surface area contributed by atoms with Gasteiger partial charge in [-0.3, -0.25) is 19.4 Å². The molecule has 1 atom stereocenters. The van der Waals surface area contributed by atoms with Crippen molar-refractivity contribution in [1.29, 1.82) is 0 Å². The summed E-state index contributed by atoms with van der Waals surface area (Å²) in [5.74, 6) is -0.0996. The molecule has 7 nitrogen and oxygen atoms in total. The Morgan fingerprint density at radius 2 is 1.84 bits per heavy atom. The standard InChI is InChI=1S/C25H20N6O/c1-15-22-23(29-30(15)2)25(32)31(18-10-11-20-21(13-18)28-14-27-20)24(22)17-8-6-16(7-9-17)19-5-3-4-12-26-19/h3-14,24H,1-2H3,(H,27,28). The lowest BCUT2D eigenvalue weighted by Gasteiger charge is -2.27. The molecule has 6 rings (SSSR count). The van der Waals surface area contributed by atoms with E-state index in [1.54, 1.807) is 17.2 Å². The third-order valence-corrected chi connectivity index (χ3v) is 6.20. The number of carbonyl (C=O) groups excluding carboxylic acids is 1. The van der Waals surface area contributed by atoms with Crippen molar-refractivity contribution in [2.75, 3.05) is 4.90 Å². The zero-order valence-electron chi connectivity index (χ0n) is 17.6. The molecule has 7 heteroatoms. The second-order valence-corrected chi connectivity index (χ2v) is 7.99. The molecule has 3 aromatic heterocycles. The van der Waals surface area contributed by atoms with Crippen LogP contribution in [0.2, 0.25) is 0 Å². The number of benzene rings is 2. The van der Waals surface area contributed by atoms with Crippen molar-refractivity contribution in [2.24, 2.45) is 7.05 Å². The van der Waals surface area contributed by atoms with Crippen molar-refractivity contribution in [3.63, 3.8) is 0 Å². The van der Waals surface area contributed by atoms with Gasteiger partial charge in [0.15, 0.2) is 5.69 Å². The van der Waals surface area contributed by atoms with Crippen LogP contribution in [0, 0.1) is 6.92 Å². The van der Waals surface area contributed by atoms with Crippen LogP contribution in [0.4, 0.5) is 5.69 Å². The molecule has 4 heterocycles. The highest BCUT2D eigenvalue weighted by molar-refractivity contribution is 6.11. The molecule has 0 saturated heterocycles. The van der Waals surface area contributed by atoms with Crippen LogP contribution in [-0.4, -0.2) is 30.6 Å². The Morgan fingerprint density at radius 1 is 1.00 bits per heavy atom. The topological polar surface area (TPSA) is 79.7 Å². The van der Waals surface area contributed by atoms with Crippen molar-refractivity contribution in [3.05, 3.63) is 95.7 Å². The highest BCUT2D eigenvalue weighted by Crippen LogP contribution is 2.43. The second-order valence-electron chi connectivity index (χ2n) is 7.99. The van der Waals surface area contributed by atoms with Crippen LogP contribution in [0.1, 0.15) is 33.4 Å². The number of carbonyl (C=O) groups is 1. The number of nitrogens with one attached hydrogen (secondary N) is 1. The maximum atomic E-state index is 13.5. The molecule has 5 aromatic rings. The van der Waals surface area contributed by atoms with E-state index in [0.29, 0.717) is 5.69 Å². The van der Waals surface area contributed by atoms with E-state index in [9.17, 15) is 4.79 Å². The number of aryl methyl sites for hydroxylation is 1. The molecule has 156 valence electrons. The van der Waals surface area contributed by atoms with Gasteiger partial charge in [0.05, 0.1) is 29.1 Å². The van der Waals surface area contributed by atoms with Crippen molar-refractivity contribution >= 4 is 22.6 Å². The Morgan fingerprint density at radius 3 is 2.62 bits per heavy atom. The first-order valence-corrected chi connectivity index (χ1v) is 10.4. The van der Waals surface area contributed by atoms with Crippen LogP contribution >= 0.6 is 0 Å². The summed E-state index contributed by atoms with van der Waals surface area (Å²) in [6, 6.07) is 19.7. The third-order valence-electron chi connectivity index (χ3n) is 6.20. The van der Waals surface area contributed by atoms with Gasteiger partial charge in [-0.1, -0.05) is 30.3 Å². The van der Waals surface area contributed by atoms with Crippen molar-refractivity contribution in [3.8, 4) is 11.3 Å². The molecule has 0 radical (unpaired) electrons. The number of rotatable bonds is 3. The maximum Gasteiger partial charge on any atom is 0.280 e. The molecule has 1 aliphatic rings. The first kappa shape index (κ1) is 18.5. The summed E-state index contributed by atoms with van der Waals surface area (Å²) >= 11 is 0. The number of aromatic amines is 1. The second kappa shape index (κ2) is 6.88. The van der Waals surface area contributed by atoms with Gasteiger partial charge in [-0.25, -0.2) is 4.98 Å². The summed E-state index contributed by atoms with van der Waals surface area (Å²) < 4.78 is 1.78. The van der Waals surface area contributed by atoms with Gasteiger partial charge >= 0.3 is 0 Å². The van der Waals surface area contributed by atoms with Crippen LogP contribution in [0.3, 0.4) is 0 Å². The average molecular weight is 420 g/mol. The maximum absolute atomic E-state index is 13.5. The molecule has 0 bridgehead atoms. The van der Waals surface area contributed by atoms with E-state index in [2.05, 4.69) is 44.3 Å². The van der Waals surface area contributed by atoms with Gasteiger partial charge < -0.3 is 4.98 Å². The Balaban J connectivity index is 1.49. The van der Waals surface area contributed by atoms with Crippen LogP contribution in [0.5, 0.6) is 0 Å². The first-order chi connectivity index (χ1) is 15.6. The van der Waals surface area contributed by atoms with Gasteiger partial charge in [-0.05, 0) is 42.8 Å². The molecule has 2 aromatic carbocycles. The Kier molecular flexibility index (Phi) is 3.98. The molecule has 0 aliphatic carbocycles. The summed E-state index contributed by atoms with van der Waals surface area (Å²) in [4.78, 5) is 27.3. The Bertz CT molecular complexity index is 1470. The minimum Gasteiger partial charge on any atom is -0.345 e. The Labute approximate surface area is 184 Å². The van der Waals surface area contributed by atoms with E-state index < -0.39 is 0 Å². The number of hydrogen-bond donors (Lipinski definition) is 1. The van der Waals surface area contributed by atoms with E-state index in [-0.39, 0.29) is 11.9 Å². The van der Waals surface area contributed by atoms with Crippen LogP contribution in [-0.2, 0) is 7.05 Å². The van der Waals surface area contributed by atoms with E-state index in [1.165, 1.54) is 0 Å². The smallest absolute Gasteiger partial charge is 0.280 e. The highest BCUT2D eigenvalue weighted by Gasteiger charge is 2.43. The number of anilines is 1. The summed E-state index contributed by atoms with van der Waals surface area (Å²) in [5, 5.41) is 4.53. The van der Waals surface area contributed by atoms with Crippen LogP contribution in [0.15, 0.2) is 73.2 Å². The van der Waals surface area contributed by atoms with E-state index in [0.717, 1.165) is 44.8 Å². The van der Waals surface area contributed by atoms with Gasteiger partial charge in [0.2, 0.25) is 0 Å². The summed E-state index contributed by atoms with van der Waals surface area (Å²) in [5.41, 5.74) is 7.97. The Hall–Kier alpha value is -4.26. The minimum absolute atomic E-state index is 0.0996. The van der Waals surface area contributed by atoms with Crippen molar-refractivity contribution < 1.29 is 4.79 Å². The van der Waals surface area contributed by atoms with E-state index in [1.807, 2.05) is 55.3 Å². The van der Waals surface area contributed by atoms with Crippen molar-refractivity contribution in [1.82, 2.24) is 24.7 Å². The number of imidazole rings is 1. The molecule has 1 aliphatic heterocycles. The summed E-state index contributed by atoms with van der Waals surface area (Å²) in [7, 11) is 1.88. The molecule has 32 heavy (non-hydrogen) atoms. The zero-order valence-corrected chi connectivity index (χ0v) is 17.6. The van der Waals surface area contributed by atoms with Gasteiger partial charge in [-0.15, -0.1) is 0 Å². The van der Waals surface area contributed by atoms with Crippen molar-refractivity contribution in [2.45, 2.75) is 13.0 Å². The average Bonchev–Trinajstić information content (AvgIpc) is 3.49.